The van der Waals surface area contributed by atoms with Gasteiger partial charge in [0, 0.05) is 20.1 Å². The van der Waals surface area contributed by atoms with Crippen LogP contribution >= 0.6 is 15.9 Å². The van der Waals surface area contributed by atoms with E-state index in [2.05, 4.69) is 31.0 Å². The summed E-state index contributed by atoms with van der Waals surface area (Å²) in [6.45, 7) is -0.345. The van der Waals surface area contributed by atoms with Crippen molar-refractivity contribution in [2.45, 2.75) is 19.0 Å². The Hall–Kier alpha value is -1.91. The Morgan fingerprint density at radius 2 is 2.20 bits per heavy atom. The number of piperidine rings is 1. The van der Waals surface area contributed by atoms with Crippen molar-refractivity contribution in [2.24, 2.45) is 13.0 Å². The van der Waals surface area contributed by atoms with E-state index in [1.807, 2.05) is 10.2 Å². The second-order valence-electron chi connectivity index (χ2n) is 5.93. The summed E-state index contributed by atoms with van der Waals surface area (Å²) in [5.41, 5.74) is 0.639. The molecule has 1 amide bonds. The molecule has 2 aromatic rings. The normalized spacial score (nSPS) is 18.6. The van der Waals surface area contributed by atoms with Crippen molar-refractivity contribution in [1.82, 2.24) is 25.1 Å². The minimum atomic E-state index is -4.41. The number of hydrogen-bond donors (Lipinski definition) is 1. The maximum absolute atomic E-state index is 12.3. The molecule has 3 rings (SSSR count). The third-order valence-corrected chi connectivity index (χ3v) is 4.67. The summed E-state index contributed by atoms with van der Waals surface area (Å²) in [5.74, 6) is -0.479. The number of carbonyl (C=O) groups excluding carboxylic acids is 1. The topological polar surface area (TPSA) is 75.9 Å². The summed E-state index contributed by atoms with van der Waals surface area (Å²) in [6.07, 6.45) is -1.77. The first-order chi connectivity index (χ1) is 11.8. The third kappa shape index (κ3) is 3.86. The van der Waals surface area contributed by atoms with Gasteiger partial charge in [0.05, 0.1) is 11.3 Å². The van der Waals surface area contributed by atoms with Gasteiger partial charge in [-0.15, -0.1) is 0 Å². The van der Waals surface area contributed by atoms with E-state index >= 15 is 0 Å². The second kappa shape index (κ2) is 6.77. The van der Waals surface area contributed by atoms with Crippen LogP contribution in [-0.4, -0.2) is 51.5 Å². The van der Waals surface area contributed by atoms with Crippen molar-refractivity contribution in [3.8, 4) is 0 Å². The van der Waals surface area contributed by atoms with Crippen LogP contribution in [0.1, 0.15) is 12.8 Å². The first kappa shape index (κ1) is 17.9. The molecule has 3 heterocycles. The molecule has 0 radical (unpaired) electrons. The largest absolute Gasteiger partial charge is 0.405 e. The van der Waals surface area contributed by atoms with Gasteiger partial charge >= 0.3 is 6.18 Å². The fourth-order valence-electron chi connectivity index (χ4n) is 2.98. The van der Waals surface area contributed by atoms with Crippen LogP contribution < -0.4 is 10.2 Å². The Bertz CT molecular complexity index is 793. The maximum Gasteiger partial charge on any atom is 0.405 e. The van der Waals surface area contributed by atoms with E-state index in [1.54, 1.807) is 11.7 Å². The van der Waals surface area contributed by atoms with Crippen LogP contribution in [0.5, 0.6) is 0 Å². The second-order valence-corrected chi connectivity index (χ2v) is 6.68. The van der Waals surface area contributed by atoms with Crippen molar-refractivity contribution in [3.05, 3.63) is 10.9 Å². The molecule has 0 aliphatic carbocycles. The highest BCUT2D eigenvalue weighted by Gasteiger charge is 2.32. The fraction of sp³-hybridized carbons (Fsp3) is 0.571. The molecule has 1 atom stereocenters. The number of anilines is 1. The van der Waals surface area contributed by atoms with E-state index in [-0.39, 0.29) is 0 Å². The molecule has 1 aliphatic heterocycles. The number of nitrogens with one attached hydrogen (secondary N) is 1. The molecule has 1 aliphatic rings. The minimum absolute atomic E-state index is 0.303. The number of carbonyl (C=O) groups is 1. The molecule has 0 aromatic carbocycles. The lowest BCUT2D eigenvalue weighted by Gasteiger charge is -2.33. The summed E-state index contributed by atoms with van der Waals surface area (Å²) in [5, 5.41) is 6.95. The molecular formula is C14H16BrF3N6O. The van der Waals surface area contributed by atoms with Crippen molar-refractivity contribution in [3.63, 3.8) is 0 Å². The maximum atomic E-state index is 12.3. The van der Waals surface area contributed by atoms with Crippen molar-refractivity contribution in [2.75, 3.05) is 24.5 Å². The van der Waals surface area contributed by atoms with E-state index in [0.29, 0.717) is 42.0 Å². The number of alkyl halides is 3. The highest BCUT2D eigenvalue weighted by Crippen LogP contribution is 2.32. The number of aromatic nitrogens is 4. The first-order valence-corrected chi connectivity index (χ1v) is 8.48. The molecule has 7 nitrogen and oxygen atoms in total. The zero-order chi connectivity index (χ0) is 18.2. The Kier molecular flexibility index (Phi) is 4.85. The predicted molar refractivity (Wildman–Crippen MR) is 88.0 cm³/mol. The molecule has 1 N–H and O–H groups in total. The standard InChI is InChI=1S/C14H16BrF3N6O/c1-23-11-9(10(15)22-23)12(21-7-20-11)24-4-2-3-8(5-24)13(25)19-6-14(16,17)18/h7-8H,2-6H2,1H3,(H,19,25). The zero-order valence-electron chi connectivity index (χ0n) is 13.3. The van der Waals surface area contributed by atoms with E-state index < -0.39 is 24.5 Å². The van der Waals surface area contributed by atoms with Gasteiger partial charge in [-0.2, -0.15) is 18.3 Å². The summed E-state index contributed by atoms with van der Waals surface area (Å²) in [7, 11) is 1.76. The van der Waals surface area contributed by atoms with Gasteiger partial charge in [0.15, 0.2) is 5.65 Å². The molecule has 136 valence electrons. The van der Waals surface area contributed by atoms with Crippen LogP contribution in [0, 0.1) is 5.92 Å². The SMILES string of the molecule is Cn1nc(Br)c2c(N3CCCC(C(=O)NCC(F)(F)F)C3)ncnc21. The average Bonchev–Trinajstić information content (AvgIpc) is 2.87. The summed E-state index contributed by atoms with van der Waals surface area (Å²) >= 11 is 3.38. The monoisotopic (exact) mass is 420 g/mol. The van der Waals surface area contributed by atoms with Crippen molar-refractivity contribution in [1.29, 1.82) is 0 Å². The molecular weight excluding hydrogens is 405 g/mol. The van der Waals surface area contributed by atoms with Crippen LogP contribution in [0.2, 0.25) is 0 Å². The average molecular weight is 421 g/mol. The fourth-order valence-corrected chi connectivity index (χ4v) is 3.57. The van der Waals surface area contributed by atoms with Gasteiger partial charge < -0.3 is 10.2 Å². The van der Waals surface area contributed by atoms with Crippen LogP contribution in [0.25, 0.3) is 11.0 Å². The van der Waals surface area contributed by atoms with Crippen molar-refractivity contribution < 1.29 is 18.0 Å². The molecule has 2 aromatic heterocycles. The highest BCUT2D eigenvalue weighted by atomic mass is 79.9. The number of nitrogens with zero attached hydrogens (tertiary/aromatic N) is 5. The number of aryl methyl sites for hydroxylation is 1. The van der Waals surface area contributed by atoms with Gasteiger partial charge in [-0.3, -0.25) is 4.79 Å². The lowest BCUT2D eigenvalue weighted by atomic mass is 9.97. The van der Waals surface area contributed by atoms with Gasteiger partial charge in [-0.25, -0.2) is 14.6 Å². The molecule has 1 fully saturated rings. The summed E-state index contributed by atoms with van der Waals surface area (Å²) < 4.78 is 39.1. The Morgan fingerprint density at radius 3 is 2.92 bits per heavy atom. The Morgan fingerprint density at radius 1 is 1.44 bits per heavy atom. The molecule has 0 bridgehead atoms. The number of halogens is 4. The smallest absolute Gasteiger partial charge is 0.355 e. The summed E-state index contributed by atoms with van der Waals surface area (Å²) in [6, 6.07) is 0. The molecule has 0 saturated carbocycles. The molecule has 0 spiro atoms. The predicted octanol–water partition coefficient (Wildman–Crippen LogP) is 2.02. The number of fused-ring (bicyclic) bond motifs is 1. The molecule has 25 heavy (non-hydrogen) atoms. The molecule has 1 unspecified atom stereocenters. The zero-order valence-corrected chi connectivity index (χ0v) is 14.9. The van der Waals surface area contributed by atoms with Crippen LogP contribution in [0.3, 0.4) is 0 Å². The molecule has 11 heteroatoms. The number of hydrogen-bond acceptors (Lipinski definition) is 5. The van der Waals surface area contributed by atoms with E-state index in [1.165, 1.54) is 6.33 Å². The van der Waals surface area contributed by atoms with Crippen molar-refractivity contribution >= 4 is 38.7 Å². The number of amides is 1. The minimum Gasteiger partial charge on any atom is -0.355 e. The van der Waals surface area contributed by atoms with Gasteiger partial charge in [0.25, 0.3) is 0 Å². The van der Waals surface area contributed by atoms with E-state index in [9.17, 15) is 18.0 Å². The van der Waals surface area contributed by atoms with Gasteiger partial charge in [-0.1, -0.05) is 0 Å². The van der Waals surface area contributed by atoms with E-state index in [4.69, 9.17) is 0 Å². The third-order valence-electron chi connectivity index (χ3n) is 4.11. The van der Waals surface area contributed by atoms with Gasteiger partial charge in [0.1, 0.15) is 23.3 Å². The first-order valence-electron chi connectivity index (χ1n) is 7.69. The van der Waals surface area contributed by atoms with Crippen LogP contribution in [-0.2, 0) is 11.8 Å². The Balaban J connectivity index is 1.79. The quantitative estimate of drug-likeness (QED) is 0.821. The summed E-state index contributed by atoms with van der Waals surface area (Å²) in [4.78, 5) is 22.5. The number of rotatable bonds is 3. The lowest BCUT2D eigenvalue weighted by molar-refractivity contribution is -0.140. The van der Waals surface area contributed by atoms with Crippen LogP contribution in [0.4, 0.5) is 19.0 Å². The van der Waals surface area contributed by atoms with Gasteiger partial charge in [0.2, 0.25) is 5.91 Å². The molecule has 1 saturated heterocycles. The Labute approximate surface area is 149 Å². The highest BCUT2D eigenvalue weighted by molar-refractivity contribution is 9.10. The van der Waals surface area contributed by atoms with Crippen LogP contribution in [0.15, 0.2) is 10.9 Å². The van der Waals surface area contributed by atoms with Gasteiger partial charge in [-0.05, 0) is 28.8 Å². The van der Waals surface area contributed by atoms with E-state index in [0.717, 1.165) is 5.39 Å². The lowest BCUT2D eigenvalue weighted by Crippen LogP contribution is -2.45.